The van der Waals surface area contributed by atoms with Crippen molar-refractivity contribution >= 4 is 41.4 Å². The van der Waals surface area contributed by atoms with Crippen molar-refractivity contribution in [3.8, 4) is 5.75 Å². The van der Waals surface area contributed by atoms with Crippen molar-refractivity contribution in [1.29, 1.82) is 0 Å². The van der Waals surface area contributed by atoms with Gasteiger partial charge in [-0.1, -0.05) is 26.0 Å². The molecule has 0 unspecified atom stereocenters. The zero-order valence-electron chi connectivity index (χ0n) is 20.6. The molecule has 0 aliphatic rings. The molecule has 0 aliphatic heterocycles. The maximum atomic E-state index is 12.6. The summed E-state index contributed by atoms with van der Waals surface area (Å²) >= 11 is 1.46. The number of phenols is 1. The Morgan fingerprint density at radius 3 is 2.11 bits per heavy atom. The van der Waals surface area contributed by atoms with E-state index in [0.717, 1.165) is 5.56 Å². The lowest BCUT2D eigenvalue weighted by Crippen LogP contribution is -2.54. The highest BCUT2D eigenvalue weighted by molar-refractivity contribution is 7.98. The highest BCUT2D eigenvalue weighted by Gasteiger charge is 2.28. The molecule has 4 amide bonds. The summed E-state index contributed by atoms with van der Waals surface area (Å²) in [5.41, 5.74) is 6.58. The maximum absolute atomic E-state index is 12.6. The molecule has 1 rings (SSSR count). The molecule has 1 aromatic carbocycles. The first-order chi connectivity index (χ1) is 16.9. The highest BCUT2D eigenvalue weighted by atomic mass is 32.2. The Kier molecular flexibility index (Phi) is 13.3. The second-order valence-corrected chi connectivity index (χ2v) is 9.43. The number of amides is 4. The standard InChI is InChI=1S/C23H35N5O7S/c1-13(2)20(23(34)35)28-22(33)17(8-9-36-3)27-19(31)12-25-18(30)11-26-21(32)16(24)10-14-4-6-15(29)7-5-14/h4-7,13,16-17,20,29H,8-12,24H2,1-3H3,(H,25,30)(H,26,32)(H,27,31)(H,28,33)(H,34,35)/t16-,17-,20-/m0/s1. The van der Waals surface area contributed by atoms with E-state index >= 15 is 0 Å². The van der Waals surface area contributed by atoms with Gasteiger partial charge in [0.2, 0.25) is 23.6 Å². The van der Waals surface area contributed by atoms with Crippen LogP contribution >= 0.6 is 11.8 Å². The third-order valence-corrected chi connectivity index (χ3v) is 5.73. The van der Waals surface area contributed by atoms with Crippen LogP contribution in [-0.4, -0.2) is 83.0 Å². The van der Waals surface area contributed by atoms with E-state index in [1.165, 1.54) is 23.9 Å². The largest absolute Gasteiger partial charge is 0.508 e. The molecule has 1 aromatic rings. The van der Waals surface area contributed by atoms with Crippen LogP contribution in [0.15, 0.2) is 24.3 Å². The topological polar surface area (TPSA) is 200 Å². The molecule has 0 fully saturated rings. The molecular weight excluding hydrogens is 490 g/mol. The Morgan fingerprint density at radius 1 is 0.944 bits per heavy atom. The summed E-state index contributed by atoms with van der Waals surface area (Å²) in [6.45, 7) is 2.47. The van der Waals surface area contributed by atoms with Crippen LogP contribution in [-0.2, 0) is 30.4 Å². The number of aliphatic carboxylic acids is 1. The number of aromatic hydroxyl groups is 1. The number of phenolic OH excluding ortho intramolecular Hbond substituents is 1. The number of rotatable bonds is 15. The molecular formula is C23H35N5O7S. The Balaban J connectivity index is 2.50. The first-order valence-corrected chi connectivity index (χ1v) is 12.7. The number of carbonyl (C=O) groups is 5. The lowest BCUT2D eigenvalue weighted by Gasteiger charge is -2.23. The zero-order chi connectivity index (χ0) is 27.3. The zero-order valence-corrected chi connectivity index (χ0v) is 21.4. The summed E-state index contributed by atoms with van der Waals surface area (Å²) in [7, 11) is 0. The summed E-state index contributed by atoms with van der Waals surface area (Å²) in [5, 5.41) is 28.3. The van der Waals surface area contributed by atoms with Crippen LogP contribution in [0.2, 0.25) is 0 Å². The average molecular weight is 526 g/mol. The fourth-order valence-electron chi connectivity index (χ4n) is 3.04. The number of benzene rings is 1. The van der Waals surface area contributed by atoms with Gasteiger partial charge >= 0.3 is 5.97 Å². The summed E-state index contributed by atoms with van der Waals surface area (Å²) in [6.07, 6.45) is 2.30. The minimum absolute atomic E-state index is 0.0914. The van der Waals surface area contributed by atoms with Crippen molar-refractivity contribution in [2.75, 3.05) is 25.1 Å². The fourth-order valence-corrected chi connectivity index (χ4v) is 3.51. The Bertz CT molecular complexity index is 911. The van der Waals surface area contributed by atoms with Crippen LogP contribution < -0.4 is 27.0 Å². The minimum Gasteiger partial charge on any atom is -0.508 e. The third kappa shape index (κ3) is 11.4. The Hall–Kier alpha value is -3.32. The molecule has 0 heterocycles. The van der Waals surface area contributed by atoms with E-state index in [0.29, 0.717) is 5.75 Å². The number of carboxylic acid groups (broad SMARTS) is 1. The molecule has 0 bridgehead atoms. The first-order valence-electron chi connectivity index (χ1n) is 11.3. The van der Waals surface area contributed by atoms with Crippen molar-refractivity contribution in [2.24, 2.45) is 11.7 Å². The highest BCUT2D eigenvalue weighted by Crippen LogP contribution is 2.11. The number of nitrogens with two attached hydrogens (primary N) is 1. The van der Waals surface area contributed by atoms with E-state index in [1.807, 2.05) is 6.26 Å². The smallest absolute Gasteiger partial charge is 0.326 e. The quantitative estimate of drug-likeness (QED) is 0.149. The van der Waals surface area contributed by atoms with Crippen molar-refractivity contribution in [2.45, 2.75) is 44.8 Å². The minimum atomic E-state index is -1.18. The number of carboxylic acids is 1. The summed E-state index contributed by atoms with van der Waals surface area (Å²) < 4.78 is 0. The van der Waals surface area contributed by atoms with Gasteiger partial charge in [0.05, 0.1) is 19.1 Å². The van der Waals surface area contributed by atoms with Crippen molar-refractivity contribution in [3.63, 3.8) is 0 Å². The normalized spacial score (nSPS) is 13.2. The molecule has 13 heteroatoms. The number of nitrogens with one attached hydrogen (secondary N) is 4. The second kappa shape index (κ2) is 15.6. The first kappa shape index (κ1) is 30.7. The molecule has 0 radical (unpaired) electrons. The summed E-state index contributed by atoms with van der Waals surface area (Å²) in [4.78, 5) is 60.4. The molecule has 0 aliphatic carbocycles. The molecule has 0 spiro atoms. The van der Waals surface area contributed by atoms with Gasteiger partial charge in [-0.15, -0.1) is 0 Å². The van der Waals surface area contributed by atoms with Crippen LogP contribution in [0.25, 0.3) is 0 Å². The van der Waals surface area contributed by atoms with E-state index < -0.39 is 60.8 Å². The third-order valence-electron chi connectivity index (χ3n) is 5.09. The molecule has 3 atom stereocenters. The van der Waals surface area contributed by atoms with Crippen molar-refractivity contribution in [1.82, 2.24) is 21.3 Å². The monoisotopic (exact) mass is 525 g/mol. The fraction of sp³-hybridized carbons (Fsp3) is 0.522. The molecule has 8 N–H and O–H groups in total. The van der Waals surface area contributed by atoms with Crippen LogP contribution in [0, 0.1) is 5.92 Å². The van der Waals surface area contributed by atoms with Gasteiger partial charge in [0.1, 0.15) is 17.8 Å². The van der Waals surface area contributed by atoms with Gasteiger partial charge in [0, 0.05) is 0 Å². The van der Waals surface area contributed by atoms with Gasteiger partial charge in [-0.2, -0.15) is 11.8 Å². The van der Waals surface area contributed by atoms with E-state index in [1.54, 1.807) is 26.0 Å². The number of hydrogen-bond donors (Lipinski definition) is 7. The van der Waals surface area contributed by atoms with E-state index in [-0.39, 0.29) is 24.5 Å². The van der Waals surface area contributed by atoms with E-state index in [4.69, 9.17) is 5.73 Å². The van der Waals surface area contributed by atoms with Gasteiger partial charge in [-0.05, 0) is 48.5 Å². The van der Waals surface area contributed by atoms with E-state index in [9.17, 15) is 34.2 Å². The Morgan fingerprint density at radius 2 is 1.56 bits per heavy atom. The molecule has 200 valence electrons. The molecule has 12 nitrogen and oxygen atoms in total. The predicted octanol–water partition coefficient (Wildman–Crippen LogP) is -1.04. The lowest BCUT2D eigenvalue weighted by atomic mass is 10.0. The average Bonchev–Trinajstić information content (AvgIpc) is 2.82. The SMILES string of the molecule is CSCC[C@H](NC(=O)CNC(=O)CNC(=O)[C@@H](N)Cc1ccc(O)cc1)C(=O)N[C@H](C(=O)O)C(C)C. The van der Waals surface area contributed by atoms with Gasteiger partial charge < -0.3 is 37.2 Å². The molecule has 36 heavy (non-hydrogen) atoms. The molecule has 0 saturated heterocycles. The maximum Gasteiger partial charge on any atom is 0.326 e. The number of carbonyl (C=O) groups excluding carboxylic acids is 4. The Labute approximate surface area is 214 Å². The van der Waals surface area contributed by atoms with Crippen LogP contribution in [0.5, 0.6) is 5.75 Å². The summed E-state index contributed by atoms with van der Waals surface area (Å²) in [5.74, 6) is -3.36. The van der Waals surface area contributed by atoms with Crippen molar-refractivity contribution in [3.05, 3.63) is 29.8 Å². The van der Waals surface area contributed by atoms with Gasteiger partial charge in [0.25, 0.3) is 0 Å². The van der Waals surface area contributed by atoms with Gasteiger partial charge in [-0.3, -0.25) is 19.2 Å². The molecule has 0 saturated carbocycles. The number of hydrogen-bond acceptors (Lipinski definition) is 8. The lowest BCUT2D eigenvalue weighted by molar-refractivity contribution is -0.143. The van der Waals surface area contributed by atoms with Crippen LogP contribution in [0.4, 0.5) is 0 Å². The van der Waals surface area contributed by atoms with E-state index in [2.05, 4.69) is 21.3 Å². The number of thioether (sulfide) groups is 1. The van der Waals surface area contributed by atoms with Crippen LogP contribution in [0.3, 0.4) is 0 Å². The van der Waals surface area contributed by atoms with Crippen LogP contribution in [0.1, 0.15) is 25.8 Å². The summed E-state index contributed by atoms with van der Waals surface area (Å²) in [6, 6.07) is 3.22. The second-order valence-electron chi connectivity index (χ2n) is 8.44. The van der Waals surface area contributed by atoms with Crippen molar-refractivity contribution < 1.29 is 34.2 Å². The van der Waals surface area contributed by atoms with Gasteiger partial charge in [-0.25, -0.2) is 4.79 Å². The predicted molar refractivity (Wildman–Crippen MR) is 135 cm³/mol. The van der Waals surface area contributed by atoms with Gasteiger partial charge in [0.15, 0.2) is 0 Å². The molecule has 0 aromatic heterocycles.